The number of rotatable bonds is 3. The predicted molar refractivity (Wildman–Crippen MR) is 76.9 cm³/mol. The fourth-order valence-corrected chi connectivity index (χ4v) is 2.72. The summed E-state index contributed by atoms with van der Waals surface area (Å²) in [6.45, 7) is 2.03. The van der Waals surface area contributed by atoms with Crippen LogP contribution in [-0.2, 0) is 0 Å². The lowest BCUT2D eigenvalue weighted by Gasteiger charge is -2.15. The lowest BCUT2D eigenvalue weighted by molar-refractivity contribution is 0.909. The lowest BCUT2D eigenvalue weighted by atomic mass is 10.1. The summed E-state index contributed by atoms with van der Waals surface area (Å²) < 4.78 is 0.761. The summed E-state index contributed by atoms with van der Waals surface area (Å²) >= 11 is 7.44. The molecule has 0 saturated carbocycles. The zero-order valence-electron chi connectivity index (χ0n) is 9.77. The van der Waals surface area contributed by atoms with Crippen LogP contribution in [0.4, 0.5) is 11.4 Å². The molecule has 0 aliphatic rings. The Morgan fingerprint density at radius 1 is 1.39 bits per heavy atom. The second-order valence-corrected chi connectivity index (χ2v) is 5.63. The summed E-state index contributed by atoms with van der Waals surface area (Å²) in [7, 11) is 0. The van der Waals surface area contributed by atoms with Crippen LogP contribution < -0.4 is 11.1 Å². The minimum atomic E-state index is 0.0961. The van der Waals surface area contributed by atoms with Crippen LogP contribution in [0.3, 0.4) is 0 Å². The normalized spacial score (nSPS) is 11.8. The number of para-hydroxylation sites is 1. The van der Waals surface area contributed by atoms with Crippen molar-refractivity contribution in [1.29, 1.82) is 5.26 Å². The number of nitrogen functional groups attached to an aromatic ring is 1. The third-order valence-corrected chi connectivity index (χ3v) is 4.03. The Kier molecular flexibility index (Phi) is 3.75. The zero-order valence-corrected chi connectivity index (χ0v) is 11.3. The van der Waals surface area contributed by atoms with Crippen molar-refractivity contribution in [1.82, 2.24) is 0 Å². The minimum Gasteiger partial charge on any atom is -0.396 e. The highest BCUT2D eigenvalue weighted by Crippen LogP contribution is 2.31. The van der Waals surface area contributed by atoms with Crippen LogP contribution in [-0.4, -0.2) is 0 Å². The average Bonchev–Trinajstić information content (AvgIpc) is 2.78. The maximum Gasteiger partial charge on any atom is 0.101 e. The molecule has 0 fully saturated rings. The molecule has 1 atom stereocenters. The number of thiophene rings is 1. The Hall–Kier alpha value is -1.70. The molecule has 0 radical (unpaired) electrons. The molecule has 18 heavy (non-hydrogen) atoms. The first-order chi connectivity index (χ1) is 8.61. The fraction of sp³-hybridized carbons (Fsp3) is 0.154. The van der Waals surface area contributed by atoms with Crippen LogP contribution in [0.2, 0.25) is 4.34 Å². The molecule has 0 aliphatic carbocycles. The van der Waals surface area contributed by atoms with Crippen LogP contribution in [0.25, 0.3) is 0 Å². The number of nitriles is 1. The quantitative estimate of drug-likeness (QED) is 0.833. The number of anilines is 2. The van der Waals surface area contributed by atoms with Crippen LogP contribution in [0.1, 0.15) is 23.4 Å². The third kappa shape index (κ3) is 2.58. The highest BCUT2D eigenvalue weighted by molar-refractivity contribution is 7.16. The molecular weight excluding hydrogens is 266 g/mol. The summed E-state index contributed by atoms with van der Waals surface area (Å²) in [6, 6.07) is 11.4. The Labute approximate surface area is 115 Å². The monoisotopic (exact) mass is 277 g/mol. The van der Waals surface area contributed by atoms with Gasteiger partial charge in [-0.3, -0.25) is 0 Å². The van der Waals surface area contributed by atoms with Crippen LogP contribution >= 0.6 is 22.9 Å². The minimum absolute atomic E-state index is 0.0961. The van der Waals surface area contributed by atoms with E-state index in [9.17, 15) is 0 Å². The van der Waals surface area contributed by atoms with E-state index in [1.165, 1.54) is 11.3 Å². The molecule has 1 aromatic heterocycles. The standard InChI is InChI=1S/C13H12ClN3S/c1-8(11-5-6-12(14)18-11)17-10-4-2-3-9(7-15)13(10)16/h2-6,8,17H,16H2,1H3. The molecule has 0 saturated heterocycles. The van der Waals surface area contributed by atoms with E-state index in [1.807, 2.05) is 31.2 Å². The molecule has 3 nitrogen and oxygen atoms in total. The van der Waals surface area contributed by atoms with Crippen molar-refractivity contribution in [2.45, 2.75) is 13.0 Å². The van der Waals surface area contributed by atoms with Gasteiger partial charge >= 0.3 is 0 Å². The molecule has 0 bridgehead atoms. The van der Waals surface area contributed by atoms with Gasteiger partial charge in [0.2, 0.25) is 0 Å². The van der Waals surface area contributed by atoms with Crippen molar-refractivity contribution in [3.05, 3.63) is 45.1 Å². The van der Waals surface area contributed by atoms with Gasteiger partial charge in [-0.05, 0) is 31.2 Å². The van der Waals surface area contributed by atoms with E-state index in [0.717, 1.165) is 14.9 Å². The number of nitrogens with one attached hydrogen (secondary N) is 1. The third-order valence-electron chi connectivity index (χ3n) is 2.62. The SMILES string of the molecule is CC(Nc1cccc(C#N)c1N)c1ccc(Cl)s1. The van der Waals surface area contributed by atoms with E-state index in [4.69, 9.17) is 22.6 Å². The predicted octanol–water partition coefficient (Wildman–Crippen LogP) is 4.03. The van der Waals surface area contributed by atoms with Crippen molar-refractivity contribution < 1.29 is 0 Å². The first-order valence-electron chi connectivity index (χ1n) is 5.42. The largest absolute Gasteiger partial charge is 0.396 e. The number of nitrogens with zero attached hydrogens (tertiary/aromatic N) is 1. The van der Waals surface area contributed by atoms with E-state index in [1.54, 1.807) is 6.07 Å². The molecule has 92 valence electrons. The van der Waals surface area contributed by atoms with Crippen LogP contribution in [0.5, 0.6) is 0 Å². The summed E-state index contributed by atoms with van der Waals surface area (Å²) in [6.07, 6.45) is 0. The highest BCUT2D eigenvalue weighted by Gasteiger charge is 2.11. The fourth-order valence-electron chi connectivity index (χ4n) is 1.65. The van der Waals surface area contributed by atoms with Crippen LogP contribution in [0, 0.1) is 11.3 Å². The second-order valence-electron chi connectivity index (χ2n) is 3.89. The number of halogens is 1. The molecule has 0 spiro atoms. The summed E-state index contributed by atoms with van der Waals surface area (Å²) in [5.74, 6) is 0. The van der Waals surface area contributed by atoms with E-state index in [-0.39, 0.29) is 6.04 Å². The lowest BCUT2D eigenvalue weighted by Crippen LogP contribution is -2.07. The van der Waals surface area contributed by atoms with Crippen molar-refractivity contribution >= 4 is 34.3 Å². The molecule has 0 amide bonds. The Balaban J connectivity index is 2.22. The molecule has 1 aromatic carbocycles. The highest BCUT2D eigenvalue weighted by atomic mass is 35.5. The molecule has 2 rings (SSSR count). The van der Waals surface area contributed by atoms with Gasteiger partial charge in [-0.2, -0.15) is 5.26 Å². The Morgan fingerprint density at radius 2 is 2.17 bits per heavy atom. The van der Waals surface area contributed by atoms with E-state index >= 15 is 0 Å². The van der Waals surface area contributed by atoms with Gasteiger partial charge in [0, 0.05) is 4.88 Å². The average molecular weight is 278 g/mol. The van der Waals surface area contributed by atoms with Gasteiger partial charge in [0.1, 0.15) is 6.07 Å². The second kappa shape index (κ2) is 5.30. The molecule has 2 aromatic rings. The van der Waals surface area contributed by atoms with Crippen molar-refractivity contribution in [2.24, 2.45) is 0 Å². The van der Waals surface area contributed by atoms with Gasteiger partial charge in [-0.25, -0.2) is 0 Å². The van der Waals surface area contributed by atoms with Gasteiger partial charge in [0.15, 0.2) is 0 Å². The number of hydrogen-bond acceptors (Lipinski definition) is 4. The Bertz CT molecular complexity index is 601. The Morgan fingerprint density at radius 3 is 2.78 bits per heavy atom. The summed E-state index contributed by atoms with van der Waals surface area (Å²) in [4.78, 5) is 1.13. The smallest absolute Gasteiger partial charge is 0.101 e. The molecular formula is C13H12ClN3S. The van der Waals surface area contributed by atoms with Gasteiger partial charge in [-0.15, -0.1) is 11.3 Å². The zero-order chi connectivity index (χ0) is 13.1. The molecule has 3 N–H and O–H groups in total. The van der Waals surface area contributed by atoms with Gasteiger partial charge < -0.3 is 11.1 Å². The molecule has 1 unspecified atom stereocenters. The number of nitrogens with two attached hydrogens (primary N) is 1. The molecule has 1 heterocycles. The first-order valence-corrected chi connectivity index (χ1v) is 6.61. The van der Waals surface area contributed by atoms with Crippen molar-refractivity contribution in [3.63, 3.8) is 0 Å². The maximum absolute atomic E-state index is 8.92. The summed E-state index contributed by atoms with van der Waals surface area (Å²) in [5.41, 5.74) is 7.65. The van der Waals surface area contributed by atoms with Gasteiger partial charge in [0.05, 0.1) is 27.3 Å². The van der Waals surface area contributed by atoms with Crippen molar-refractivity contribution in [2.75, 3.05) is 11.1 Å². The molecule has 0 aliphatic heterocycles. The van der Waals surface area contributed by atoms with E-state index in [0.29, 0.717) is 11.3 Å². The van der Waals surface area contributed by atoms with Crippen molar-refractivity contribution in [3.8, 4) is 6.07 Å². The van der Waals surface area contributed by atoms with E-state index in [2.05, 4.69) is 11.4 Å². The number of hydrogen-bond donors (Lipinski definition) is 2. The maximum atomic E-state index is 8.92. The molecule has 5 heteroatoms. The van der Waals surface area contributed by atoms with E-state index < -0.39 is 0 Å². The van der Waals surface area contributed by atoms with Gasteiger partial charge in [0.25, 0.3) is 0 Å². The van der Waals surface area contributed by atoms with Gasteiger partial charge in [-0.1, -0.05) is 17.7 Å². The topological polar surface area (TPSA) is 61.8 Å². The number of benzene rings is 1. The summed E-state index contributed by atoms with van der Waals surface area (Å²) in [5, 5.41) is 12.2. The van der Waals surface area contributed by atoms with Crippen LogP contribution in [0.15, 0.2) is 30.3 Å². The first kappa shape index (κ1) is 12.7.